The molecule has 4 nitrogen and oxygen atoms in total. The summed E-state index contributed by atoms with van der Waals surface area (Å²) in [6.45, 7) is 4.80. The van der Waals surface area contributed by atoms with Gasteiger partial charge in [-0.15, -0.1) is 11.3 Å². The molecule has 0 fully saturated rings. The van der Waals surface area contributed by atoms with Crippen molar-refractivity contribution in [2.75, 3.05) is 6.61 Å². The molecule has 1 aliphatic rings. The van der Waals surface area contributed by atoms with Crippen molar-refractivity contribution in [1.82, 2.24) is 5.43 Å². The van der Waals surface area contributed by atoms with Gasteiger partial charge in [-0.1, -0.05) is 19.1 Å². The quantitative estimate of drug-likeness (QED) is 0.671. The number of thiophene rings is 1. The summed E-state index contributed by atoms with van der Waals surface area (Å²) in [7, 11) is 0. The molecule has 1 aromatic heterocycles. The molecular weight excluding hydrogens is 354 g/mol. The first kappa shape index (κ1) is 17.5. The van der Waals surface area contributed by atoms with E-state index in [0.717, 1.165) is 45.4 Å². The molecule has 2 heterocycles. The van der Waals surface area contributed by atoms with Crippen LogP contribution in [0.5, 0.6) is 5.75 Å². The number of benzene rings is 2. The second-order valence-electron chi connectivity index (χ2n) is 6.17. The smallest absolute Gasteiger partial charge is 0.164 e. The summed E-state index contributed by atoms with van der Waals surface area (Å²) in [6.07, 6.45) is 0.971. The molecule has 0 radical (unpaired) electrons. The van der Waals surface area contributed by atoms with E-state index in [1.54, 1.807) is 11.3 Å². The van der Waals surface area contributed by atoms with Crippen LogP contribution in [-0.2, 0) is 6.42 Å². The van der Waals surface area contributed by atoms with Crippen LogP contribution in [0.2, 0.25) is 0 Å². The Hall–Kier alpha value is -2.92. The van der Waals surface area contributed by atoms with Crippen LogP contribution in [0.25, 0.3) is 0 Å². The maximum atomic E-state index is 5.57. The van der Waals surface area contributed by atoms with Crippen molar-refractivity contribution < 1.29 is 4.74 Å². The van der Waals surface area contributed by atoms with Crippen LogP contribution in [-0.4, -0.2) is 18.2 Å². The molecule has 5 heteroatoms. The van der Waals surface area contributed by atoms with Gasteiger partial charge in [0, 0.05) is 11.1 Å². The Balaban J connectivity index is 1.81. The van der Waals surface area contributed by atoms with Gasteiger partial charge in [-0.25, -0.2) is 4.99 Å². The van der Waals surface area contributed by atoms with Crippen LogP contribution in [0.15, 0.2) is 70.1 Å². The summed E-state index contributed by atoms with van der Waals surface area (Å²) in [5, 5.41) is 6.77. The van der Waals surface area contributed by atoms with Crippen molar-refractivity contribution in [1.29, 1.82) is 0 Å². The fourth-order valence-electron chi connectivity index (χ4n) is 3.02. The number of aliphatic imine (C=N–C) groups is 1. The van der Waals surface area contributed by atoms with Crippen LogP contribution in [0.1, 0.15) is 35.4 Å². The van der Waals surface area contributed by atoms with Gasteiger partial charge in [-0.2, -0.15) is 5.10 Å². The number of nitrogens with zero attached hydrogens (tertiary/aromatic N) is 2. The monoisotopic (exact) mass is 375 g/mol. The van der Waals surface area contributed by atoms with Crippen LogP contribution < -0.4 is 10.2 Å². The van der Waals surface area contributed by atoms with Gasteiger partial charge in [-0.05, 0) is 66.8 Å². The molecule has 0 atom stereocenters. The van der Waals surface area contributed by atoms with Gasteiger partial charge >= 0.3 is 0 Å². The molecule has 0 unspecified atom stereocenters. The van der Waals surface area contributed by atoms with E-state index in [1.807, 2.05) is 48.7 Å². The highest BCUT2D eigenvalue weighted by Crippen LogP contribution is 2.28. The second kappa shape index (κ2) is 7.76. The van der Waals surface area contributed by atoms with Gasteiger partial charge in [0.2, 0.25) is 0 Å². The predicted octanol–water partition coefficient (Wildman–Crippen LogP) is 5.14. The fourth-order valence-corrected chi connectivity index (χ4v) is 3.69. The van der Waals surface area contributed by atoms with Crippen molar-refractivity contribution in [3.05, 3.63) is 81.5 Å². The minimum absolute atomic E-state index is 0.655. The fraction of sp³-hybridized carbons (Fsp3) is 0.182. The highest BCUT2D eigenvalue weighted by Gasteiger charge is 2.18. The van der Waals surface area contributed by atoms with Gasteiger partial charge in [-0.3, -0.25) is 5.43 Å². The highest BCUT2D eigenvalue weighted by atomic mass is 32.1. The van der Waals surface area contributed by atoms with Crippen LogP contribution in [0.4, 0.5) is 5.69 Å². The van der Waals surface area contributed by atoms with Gasteiger partial charge in [0.1, 0.15) is 5.75 Å². The van der Waals surface area contributed by atoms with Gasteiger partial charge in [0.25, 0.3) is 0 Å². The summed E-state index contributed by atoms with van der Waals surface area (Å²) in [6, 6.07) is 18.5. The van der Waals surface area contributed by atoms with Crippen LogP contribution in [0, 0.1) is 0 Å². The van der Waals surface area contributed by atoms with Gasteiger partial charge < -0.3 is 4.74 Å². The number of aryl methyl sites for hydroxylation is 1. The summed E-state index contributed by atoms with van der Waals surface area (Å²) in [5.41, 5.74) is 8.32. The standard InChI is InChI=1S/C22H21N3OS/c1-3-15-7-12-19-18(14-15)21(16-8-10-17(11-9-16)26-4-2)24-25-22(23-19)20-6-5-13-27-20/h5-14H,3-4H2,1-2H3,(H,23,25). The van der Waals surface area contributed by atoms with E-state index in [0.29, 0.717) is 6.61 Å². The van der Waals surface area contributed by atoms with E-state index < -0.39 is 0 Å². The van der Waals surface area contributed by atoms with E-state index >= 15 is 0 Å². The largest absolute Gasteiger partial charge is 0.494 e. The Morgan fingerprint density at radius 1 is 1.04 bits per heavy atom. The molecule has 0 saturated heterocycles. The van der Waals surface area contributed by atoms with Crippen LogP contribution >= 0.6 is 11.3 Å². The maximum Gasteiger partial charge on any atom is 0.164 e. The van der Waals surface area contributed by atoms with E-state index in [4.69, 9.17) is 14.8 Å². The van der Waals surface area contributed by atoms with E-state index in [2.05, 4.69) is 30.5 Å². The summed E-state index contributed by atoms with van der Waals surface area (Å²) >= 11 is 1.65. The Bertz CT molecular complexity index is 989. The van der Waals surface area contributed by atoms with Crippen LogP contribution in [0.3, 0.4) is 0 Å². The third kappa shape index (κ3) is 3.64. The topological polar surface area (TPSA) is 46.0 Å². The highest BCUT2D eigenvalue weighted by molar-refractivity contribution is 7.12. The summed E-state index contributed by atoms with van der Waals surface area (Å²) in [5.74, 6) is 1.64. The Kier molecular flexibility index (Phi) is 5.03. The zero-order valence-electron chi connectivity index (χ0n) is 15.4. The number of hydrogen-bond acceptors (Lipinski definition) is 5. The number of amidine groups is 1. The molecule has 0 aliphatic carbocycles. The van der Waals surface area contributed by atoms with Crippen molar-refractivity contribution in [3.8, 4) is 5.75 Å². The first-order chi connectivity index (χ1) is 13.3. The van der Waals surface area contributed by atoms with Gasteiger partial charge in [0.15, 0.2) is 5.84 Å². The zero-order valence-corrected chi connectivity index (χ0v) is 16.2. The molecule has 1 N–H and O–H groups in total. The molecule has 0 saturated carbocycles. The Labute approximate surface area is 163 Å². The average Bonchev–Trinajstić information content (AvgIpc) is 3.17. The number of ether oxygens (including phenoxy) is 1. The van der Waals surface area contributed by atoms with E-state index in [-0.39, 0.29) is 0 Å². The maximum absolute atomic E-state index is 5.57. The minimum atomic E-state index is 0.655. The van der Waals surface area contributed by atoms with Crippen molar-refractivity contribution >= 4 is 28.6 Å². The molecule has 3 aromatic rings. The minimum Gasteiger partial charge on any atom is -0.494 e. The van der Waals surface area contributed by atoms with Crippen molar-refractivity contribution in [3.63, 3.8) is 0 Å². The Morgan fingerprint density at radius 3 is 2.59 bits per heavy atom. The number of hydrogen-bond donors (Lipinski definition) is 1. The average molecular weight is 375 g/mol. The van der Waals surface area contributed by atoms with E-state index in [9.17, 15) is 0 Å². The number of fused-ring (bicyclic) bond motifs is 1. The molecule has 4 rings (SSSR count). The third-order valence-electron chi connectivity index (χ3n) is 4.42. The number of hydrazone groups is 1. The normalized spacial score (nSPS) is 13.1. The van der Waals surface area contributed by atoms with E-state index in [1.165, 1.54) is 5.56 Å². The molecule has 136 valence electrons. The van der Waals surface area contributed by atoms with Crippen molar-refractivity contribution in [2.45, 2.75) is 20.3 Å². The first-order valence-corrected chi connectivity index (χ1v) is 9.99. The molecule has 1 aliphatic heterocycles. The summed E-state index contributed by atoms with van der Waals surface area (Å²) in [4.78, 5) is 5.92. The Morgan fingerprint density at radius 2 is 1.89 bits per heavy atom. The SMILES string of the molecule is CCOc1ccc(C2=NNC(c3cccs3)=Nc3ccc(CC)cc32)cc1. The summed E-state index contributed by atoms with van der Waals surface area (Å²) < 4.78 is 5.57. The third-order valence-corrected chi connectivity index (χ3v) is 5.30. The lowest BCUT2D eigenvalue weighted by atomic mass is 9.98. The molecule has 0 bridgehead atoms. The lowest BCUT2D eigenvalue weighted by Crippen LogP contribution is -2.18. The molecule has 27 heavy (non-hydrogen) atoms. The molecule has 0 amide bonds. The van der Waals surface area contributed by atoms with Crippen molar-refractivity contribution in [2.24, 2.45) is 10.1 Å². The second-order valence-corrected chi connectivity index (χ2v) is 7.12. The number of rotatable bonds is 5. The van der Waals surface area contributed by atoms with Gasteiger partial charge in [0.05, 0.1) is 22.9 Å². The lowest BCUT2D eigenvalue weighted by molar-refractivity contribution is 0.340. The first-order valence-electron chi connectivity index (χ1n) is 9.11. The molecule has 2 aromatic carbocycles. The predicted molar refractivity (Wildman–Crippen MR) is 113 cm³/mol. The molecule has 0 spiro atoms. The number of nitrogens with one attached hydrogen (secondary N) is 1. The molecular formula is C22H21N3OS. The lowest BCUT2D eigenvalue weighted by Gasteiger charge is -2.10. The zero-order chi connectivity index (χ0) is 18.6.